The fourth-order valence-electron chi connectivity index (χ4n) is 2.58. The Morgan fingerprint density at radius 1 is 1.23 bits per heavy atom. The molecule has 0 amide bonds. The first-order valence-corrected chi connectivity index (χ1v) is 8.81. The van der Waals surface area contributed by atoms with Crippen LogP contribution < -0.4 is 0 Å². The molecule has 2 nitrogen and oxygen atoms in total. The zero-order valence-corrected chi connectivity index (χ0v) is 15.3. The fourth-order valence-corrected chi connectivity index (χ4v) is 2.71. The van der Waals surface area contributed by atoms with Crippen molar-refractivity contribution in [3.8, 4) is 11.8 Å². The SMILES string of the molecule is C=CC1C=C(c2ccc(C(C)C#CC3=C\C=C\C(Cl)=N/C=C\3)cc2)C=N1. The molecule has 0 spiro atoms. The lowest BCUT2D eigenvalue weighted by Crippen LogP contribution is -1.92. The van der Waals surface area contributed by atoms with Crippen molar-refractivity contribution >= 4 is 28.6 Å². The summed E-state index contributed by atoms with van der Waals surface area (Å²) >= 11 is 5.85. The molecule has 2 heterocycles. The maximum Gasteiger partial charge on any atom is 0.129 e. The van der Waals surface area contributed by atoms with Gasteiger partial charge in [0.05, 0.1) is 6.04 Å². The molecule has 0 aromatic heterocycles. The van der Waals surface area contributed by atoms with E-state index in [2.05, 4.69) is 65.7 Å². The van der Waals surface area contributed by atoms with Crippen LogP contribution in [0.15, 0.2) is 89.1 Å². The third kappa shape index (κ3) is 4.59. The van der Waals surface area contributed by atoms with Gasteiger partial charge in [-0.05, 0) is 47.9 Å². The number of hydrogen-bond acceptors (Lipinski definition) is 2. The molecule has 0 fully saturated rings. The number of aliphatic imine (C=N–C) groups is 2. The molecule has 2 atom stereocenters. The number of benzene rings is 1. The predicted molar refractivity (Wildman–Crippen MR) is 113 cm³/mol. The summed E-state index contributed by atoms with van der Waals surface area (Å²) in [5.74, 6) is 6.63. The molecular weight excluding hydrogens is 340 g/mol. The zero-order chi connectivity index (χ0) is 18.4. The molecule has 128 valence electrons. The molecule has 0 saturated carbocycles. The molecule has 0 bridgehead atoms. The monoisotopic (exact) mass is 358 g/mol. The van der Waals surface area contributed by atoms with Crippen molar-refractivity contribution < 1.29 is 0 Å². The van der Waals surface area contributed by atoms with Crippen LogP contribution >= 0.6 is 11.6 Å². The highest BCUT2D eigenvalue weighted by molar-refractivity contribution is 6.68. The summed E-state index contributed by atoms with van der Waals surface area (Å²) in [7, 11) is 0. The Kier molecular flexibility index (Phi) is 5.84. The van der Waals surface area contributed by atoms with Gasteiger partial charge in [0.1, 0.15) is 5.17 Å². The topological polar surface area (TPSA) is 24.7 Å². The Morgan fingerprint density at radius 2 is 2.04 bits per heavy atom. The molecular formula is C23H19ClN2. The molecule has 0 aliphatic carbocycles. The third-order valence-electron chi connectivity index (χ3n) is 4.12. The number of halogens is 1. The minimum Gasteiger partial charge on any atom is -0.281 e. The summed E-state index contributed by atoms with van der Waals surface area (Å²) in [5.41, 5.74) is 4.38. The molecule has 26 heavy (non-hydrogen) atoms. The van der Waals surface area contributed by atoms with E-state index >= 15 is 0 Å². The summed E-state index contributed by atoms with van der Waals surface area (Å²) in [4.78, 5) is 8.44. The van der Waals surface area contributed by atoms with Gasteiger partial charge in [-0.25, -0.2) is 4.99 Å². The van der Waals surface area contributed by atoms with Gasteiger partial charge in [0.2, 0.25) is 0 Å². The van der Waals surface area contributed by atoms with Gasteiger partial charge in [0.15, 0.2) is 0 Å². The lowest BCUT2D eigenvalue weighted by atomic mass is 9.97. The first kappa shape index (κ1) is 17.9. The Bertz CT molecular complexity index is 929. The second-order valence-corrected chi connectivity index (χ2v) is 6.38. The van der Waals surface area contributed by atoms with Gasteiger partial charge in [-0.1, -0.05) is 59.9 Å². The van der Waals surface area contributed by atoms with Gasteiger partial charge in [-0.15, -0.1) is 6.58 Å². The molecule has 0 N–H and O–H groups in total. The van der Waals surface area contributed by atoms with Crippen LogP contribution in [0.2, 0.25) is 0 Å². The predicted octanol–water partition coefficient (Wildman–Crippen LogP) is 5.46. The van der Waals surface area contributed by atoms with E-state index in [4.69, 9.17) is 11.6 Å². The second kappa shape index (κ2) is 8.47. The van der Waals surface area contributed by atoms with Crippen LogP contribution in [0.5, 0.6) is 0 Å². The average Bonchev–Trinajstić information content (AvgIpc) is 3.12. The summed E-state index contributed by atoms with van der Waals surface area (Å²) in [6.07, 6.45) is 14.9. The average molecular weight is 359 g/mol. The Labute approximate surface area is 159 Å². The number of allylic oxidation sites excluding steroid dienone is 6. The standard InChI is InChI=1S/C23H19ClN2/c1-3-22-15-21(16-26-22)20-11-9-19(10-12-20)17(2)7-8-18-5-4-6-23(24)25-14-13-18/h3-6,9-17,22H,1H2,2H3/b5-4?,6-4+,14-13-,18-5+,18-13?,23-6?,25-14?,25-23+. The minimum atomic E-state index is 0.0906. The van der Waals surface area contributed by atoms with Crippen LogP contribution in [0, 0.1) is 11.8 Å². The first-order valence-electron chi connectivity index (χ1n) is 8.43. The normalized spacial score (nSPS) is 25.9. The molecule has 2 unspecified atom stereocenters. The van der Waals surface area contributed by atoms with Crippen molar-refractivity contribution in [1.82, 2.24) is 0 Å². The lowest BCUT2D eigenvalue weighted by Gasteiger charge is -2.06. The molecule has 0 radical (unpaired) electrons. The van der Waals surface area contributed by atoms with Crippen molar-refractivity contribution in [2.24, 2.45) is 9.98 Å². The number of rotatable bonds is 3. The van der Waals surface area contributed by atoms with Crippen LogP contribution in [0.4, 0.5) is 0 Å². The lowest BCUT2D eigenvalue weighted by molar-refractivity contribution is 1.00. The molecule has 1 aromatic rings. The van der Waals surface area contributed by atoms with Gasteiger partial charge in [0.25, 0.3) is 0 Å². The van der Waals surface area contributed by atoms with Gasteiger partial charge >= 0.3 is 0 Å². The first-order chi connectivity index (χ1) is 12.7. The smallest absolute Gasteiger partial charge is 0.129 e. The largest absolute Gasteiger partial charge is 0.281 e. The summed E-state index contributed by atoms with van der Waals surface area (Å²) in [5, 5.41) is 0.458. The molecule has 3 heteroatoms. The quantitative estimate of drug-likeness (QED) is 0.506. The highest BCUT2D eigenvalue weighted by Gasteiger charge is 2.09. The highest BCUT2D eigenvalue weighted by Crippen LogP contribution is 2.22. The van der Waals surface area contributed by atoms with Gasteiger partial charge in [-0.3, -0.25) is 4.99 Å². The van der Waals surface area contributed by atoms with Crippen molar-refractivity contribution in [1.29, 1.82) is 0 Å². The zero-order valence-electron chi connectivity index (χ0n) is 14.6. The van der Waals surface area contributed by atoms with Crippen LogP contribution in [-0.4, -0.2) is 17.4 Å². The van der Waals surface area contributed by atoms with Crippen LogP contribution in [-0.2, 0) is 0 Å². The molecule has 2 aliphatic heterocycles. The van der Waals surface area contributed by atoms with E-state index in [1.807, 2.05) is 30.5 Å². The fraction of sp³-hybridized carbons (Fsp3) is 0.130. The van der Waals surface area contributed by atoms with Crippen molar-refractivity contribution in [2.45, 2.75) is 18.9 Å². The van der Waals surface area contributed by atoms with E-state index in [1.54, 1.807) is 12.3 Å². The van der Waals surface area contributed by atoms with Crippen LogP contribution in [0.25, 0.3) is 5.57 Å². The third-order valence-corrected chi connectivity index (χ3v) is 4.34. The van der Waals surface area contributed by atoms with E-state index < -0.39 is 0 Å². The van der Waals surface area contributed by atoms with Crippen LogP contribution in [0.1, 0.15) is 24.0 Å². The van der Waals surface area contributed by atoms with E-state index in [1.165, 1.54) is 5.56 Å². The van der Waals surface area contributed by atoms with E-state index in [9.17, 15) is 0 Å². The van der Waals surface area contributed by atoms with Gasteiger partial charge < -0.3 is 0 Å². The second-order valence-electron chi connectivity index (χ2n) is 5.99. The number of nitrogens with zero attached hydrogens (tertiary/aromatic N) is 2. The van der Waals surface area contributed by atoms with Gasteiger partial charge in [0, 0.05) is 23.9 Å². The van der Waals surface area contributed by atoms with Gasteiger partial charge in [-0.2, -0.15) is 0 Å². The maximum absolute atomic E-state index is 5.85. The van der Waals surface area contributed by atoms with E-state index in [-0.39, 0.29) is 12.0 Å². The Morgan fingerprint density at radius 3 is 2.77 bits per heavy atom. The Balaban J connectivity index is 1.71. The summed E-state index contributed by atoms with van der Waals surface area (Å²) in [6.45, 7) is 5.88. The van der Waals surface area contributed by atoms with E-state index in [0.29, 0.717) is 5.17 Å². The number of hydrogen-bond donors (Lipinski definition) is 0. The van der Waals surface area contributed by atoms with Crippen molar-refractivity contribution in [3.63, 3.8) is 0 Å². The van der Waals surface area contributed by atoms with Crippen molar-refractivity contribution in [3.05, 3.63) is 90.2 Å². The summed E-state index contributed by atoms with van der Waals surface area (Å²) < 4.78 is 0. The Hall–Kier alpha value is -2.89. The van der Waals surface area contributed by atoms with E-state index in [0.717, 1.165) is 16.7 Å². The molecule has 3 rings (SSSR count). The highest BCUT2D eigenvalue weighted by atomic mass is 35.5. The maximum atomic E-state index is 5.85. The molecule has 1 aromatic carbocycles. The molecule has 0 saturated heterocycles. The molecule has 2 aliphatic rings. The minimum absolute atomic E-state index is 0.0906. The summed E-state index contributed by atoms with van der Waals surface area (Å²) in [6, 6.07) is 8.57. The van der Waals surface area contributed by atoms with Crippen LogP contribution in [0.3, 0.4) is 0 Å². The van der Waals surface area contributed by atoms with Crippen molar-refractivity contribution in [2.75, 3.05) is 0 Å².